The fourth-order valence-electron chi connectivity index (χ4n) is 1.30. The van der Waals surface area contributed by atoms with Crippen LogP contribution < -0.4 is 10.1 Å². The SMILES string of the molecule is CNCc1ccc(OCC(C)(O)C(C)C)cc1. The Bertz CT molecular complexity index is 331. The zero-order chi connectivity index (χ0) is 12.9. The summed E-state index contributed by atoms with van der Waals surface area (Å²) in [6, 6.07) is 7.91. The first-order chi connectivity index (χ1) is 7.95. The minimum absolute atomic E-state index is 0.172. The Morgan fingerprint density at radius 1 is 1.29 bits per heavy atom. The Morgan fingerprint density at radius 2 is 1.88 bits per heavy atom. The van der Waals surface area contributed by atoms with Crippen LogP contribution in [0.4, 0.5) is 0 Å². The van der Waals surface area contributed by atoms with E-state index in [0.29, 0.717) is 6.61 Å². The molecule has 0 aliphatic carbocycles. The van der Waals surface area contributed by atoms with Crippen LogP contribution in [0, 0.1) is 5.92 Å². The molecule has 0 saturated carbocycles. The molecular weight excluding hydrogens is 214 g/mol. The van der Waals surface area contributed by atoms with Crippen molar-refractivity contribution < 1.29 is 9.84 Å². The number of hydrogen-bond donors (Lipinski definition) is 2. The van der Waals surface area contributed by atoms with Crippen molar-refractivity contribution in [3.05, 3.63) is 29.8 Å². The van der Waals surface area contributed by atoms with Gasteiger partial charge in [-0.1, -0.05) is 26.0 Å². The number of nitrogens with one attached hydrogen (secondary N) is 1. The summed E-state index contributed by atoms with van der Waals surface area (Å²) in [4.78, 5) is 0. The molecule has 0 aliphatic heterocycles. The van der Waals surface area contributed by atoms with Gasteiger partial charge in [0.15, 0.2) is 0 Å². The summed E-state index contributed by atoms with van der Waals surface area (Å²) in [5, 5.41) is 13.2. The van der Waals surface area contributed by atoms with Crippen molar-refractivity contribution in [1.82, 2.24) is 5.32 Å². The van der Waals surface area contributed by atoms with Gasteiger partial charge in [0.2, 0.25) is 0 Å². The molecule has 0 aromatic heterocycles. The molecule has 1 rings (SSSR count). The number of rotatable bonds is 6. The molecule has 1 atom stereocenters. The van der Waals surface area contributed by atoms with Crippen molar-refractivity contribution in [2.24, 2.45) is 5.92 Å². The van der Waals surface area contributed by atoms with Gasteiger partial charge < -0.3 is 15.2 Å². The molecule has 96 valence electrons. The maximum absolute atomic E-state index is 10.1. The fraction of sp³-hybridized carbons (Fsp3) is 0.571. The predicted molar refractivity (Wildman–Crippen MR) is 70.2 cm³/mol. The summed E-state index contributed by atoms with van der Waals surface area (Å²) in [5.41, 5.74) is 0.430. The molecule has 0 spiro atoms. The standard InChI is InChI=1S/C14H23NO2/c1-11(2)14(3,16)10-17-13-7-5-12(6-8-13)9-15-4/h5-8,11,15-16H,9-10H2,1-4H3. The molecule has 0 aliphatic rings. The molecule has 17 heavy (non-hydrogen) atoms. The number of ether oxygens (including phenoxy) is 1. The highest BCUT2D eigenvalue weighted by molar-refractivity contribution is 5.27. The van der Waals surface area contributed by atoms with E-state index in [0.717, 1.165) is 12.3 Å². The van der Waals surface area contributed by atoms with Gasteiger partial charge in [-0.15, -0.1) is 0 Å². The second kappa shape index (κ2) is 6.03. The first-order valence-corrected chi connectivity index (χ1v) is 6.04. The average molecular weight is 237 g/mol. The lowest BCUT2D eigenvalue weighted by Crippen LogP contribution is -2.37. The van der Waals surface area contributed by atoms with Gasteiger partial charge in [-0.2, -0.15) is 0 Å². The van der Waals surface area contributed by atoms with Gasteiger partial charge in [0.05, 0.1) is 5.60 Å². The molecule has 0 amide bonds. The molecule has 1 aromatic rings. The zero-order valence-corrected chi connectivity index (χ0v) is 11.2. The van der Waals surface area contributed by atoms with Crippen LogP contribution in [-0.2, 0) is 6.54 Å². The molecule has 2 N–H and O–H groups in total. The molecule has 1 aromatic carbocycles. The first kappa shape index (κ1) is 14.0. The molecule has 0 saturated heterocycles. The van der Waals surface area contributed by atoms with Gasteiger partial charge >= 0.3 is 0 Å². The topological polar surface area (TPSA) is 41.5 Å². The molecule has 0 fully saturated rings. The second-order valence-corrected chi connectivity index (χ2v) is 4.97. The minimum atomic E-state index is -0.788. The molecule has 1 unspecified atom stereocenters. The van der Waals surface area contributed by atoms with Gasteiger partial charge in [-0.25, -0.2) is 0 Å². The summed E-state index contributed by atoms with van der Waals surface area (Å²) in [7, 11) is 1.92. The van der Waals surface area contributed by atoms with Crippen LogP contribution in [0.15, 0.2) is 24.3 Å². The summed E-state index contributed by atoms with van der Waals surface area (Å²) >= 11 is 0. The van der Waals surface area contributed by atoms with E-state index in [4.69, 9.17) is 4.74 Å². The average Bonchev–Trinajstić information content (AvgIpc) is 2.28. The van der Waals surface area contributed by atoms with Crippen molar-refractivity contribution in [1.29, 1.82) is 0 Å². The van der Waals surface area contributed by atoms with E-state index < -0.39 is 5.60 Å². The largest absolute Gasteiger partial charge is 0.491 e. The van der Waals surface area contributed by atoms with Crippen LogP contribution in [0.5, 0.6) is 5.75 Å². The van der Waals surface area contributed by atoms with Crippen molar-refractivity contribution in [2.45, 2.75) is 32.9 Å². The Balaban J connectivity index is 2.52. The van der Waals surface area contributed by atoms with E-state index in [2.05, 4.69) is 5.32 Å². The van der Waals surface area contributed by atoms with E-state index in [1.807, 2.05) is 45.2 Å². The Labute approximate surface area is 104 Å². The van der Waals surface area contributed by atoms with Gasteiger partial charge in [0.25, 0.3) is 0 Å². The van der Waals surface area contributed by atoms with Gasteiger partial charge in [-0.05, 0) is 37.6 Å². The van der Waals surface area contributed by atoms with Crippen LogP contribution in [0.2, 0.25) is 0 Å². The molecule has 0 heterocycles. The molecular formula is C14H23NO2. The van der Waals surface area contributed by atoms with Gasteiger partial charge in [0.1, 0.15) is 12.4 Å². The highest BCUT2D eigenvalue weighted by Crippen LogP contribution is 2.19. The minimum Gasteiger partial charge on any atom is -0.491 e. The lowest BCUT2D eigenvalue weighted by atomic mass is 9.94. The fourth-order valence-corrected chi connectivity index (χ4v) is 1.30. The zero-order valence-electron chi connectivity index (χ0n) is 11.2. The van der Waals surface area contributed by atoms with E-state index in [1.165, 1.54) is 5.56 Å². The Hall–Kier alpha value is -1.06. The number of benzene rings is 1. The van der Waals surface area contributed by atoms with Crippen molar-refractivity contribution >= 4 is 0 Å². The summed E-state index contributed by atoms with van der Waals surface area (Å²) in [6.45, 7) is 6.94. The lowest BCUT2D eigenvalue weighted by molar-refractivity contribution is -0.0266. The maximum Gasteiger partial charge on any atom is 0.119 e. The van der Waals surface area contributed by atoms with Crippen molar-refractivity contribution in [2.75, 3.05) is 13.7 Å². The normalized spacial score (nSPS) is 14.7. The molecule has 0 radical (unpaired) electrons. The third-order valence-electron chi connectivity index (χ3n) is 3.08. The highest BCUT2D eigenvalue weighted by Gasteiger charge is 2.25. The van der Waals surface area contributed by atoms with Crippen LogP contribution in [0.25, 0.3) is 0 Å². The van der Waals surface area contributed by atoms with Crippen molar-refractivity contribution in [3.8, 4) is 5.75 Å². The molecule has 0 bridgehead atoms. The van der Waals surface area contributed by atoms with Crippen LogP contribution >= 0.6 is 0 Å². The molecule has 3 heteroatoms. The summed E-state index contributed by atoms with van der Waals surface area (Å²) in [5.74, 6) is 0.969. The van der Waals surface area contributed by atoms with E-state index in [9.17, 15) is 5.11 Å². The van der Waals surface area contributed by atoms with Gasteiger partial charge in [0, 0.05) is 6.54 Å². The predicted octanol–water partition coefficient (Wildman–Crippen LogP) is 2.19. The molecule has 3 nitrogen and oxygen atoms in total. The summed E-state index contributed by atoms with van der Waals surface area (Å²) in [6.07, 6.45) is 0. The number of aliphatic hydroxyl groups is 1. The Kier molecular flexibility index (Phi) is 4.97. The lowest BCUT2D eigenvalue weighted by Gasteiger charge is -2.27. The third-order valence-corrected chi connectivity index (χ3v) is 3.08. The monoisotopic (exact) mass is 237 g/mol. The maximum atomic E-state index is 10.1. The van der Waals surface area contributed by atoms with E-state index in [1.54, 1.807) is 6.92 Å². The third kappa shape index (κ3) is 4.36. The quantitative estimate of drug-likeness (QED) is 0.797. The van der Waals surface area contributed by atoms with Crippen LogP contribution in [-0.4, -0.2) is 24.4 Å². The van der Waals surface area contributed by atoms with Crippen molar-refractivity contribution in [3.63, 3.8) is 0 Å². The first-order valence-electron chi connectivity index (χ1n) is 6.04. The van der Waals surface area contributed by atoms with E-state index in [-0.39, 0.29) is 5.92 Å². The van der Waals surface area contributed by atoms with Crippen LogP contribution in [0.3, 0.4) is 0 Å². The second-order valence-electron chi connectivity index (χ2n) is 4.97. The van der Waals surface area contributed by atoms with Gasteiger partial charge in [-0.3, -0.25) is 0 Å². The highest BCUT2D eigenvalue weighted by atomic mass is 16.5. The number of hydrogen-bond acceptors (Lipinski definition) is 3. The summed E-state index contributed by atoms with van der Waals surface area (Å²) < 4.78 is 5.59. The van der Waals surface area contributed by atoms with E-state index >= 15 is 0 Å². The van der Waals surface area contributed by atoms with Crippen LogP contribution in [0.1, 0.15) is 26.3 Å². The smallest absolute Gasteiger partial charge is 0.119 e. The Morgan fingerprint density at radius 3 is 2.35 bits per heavy atom.